The van der Waals surface area contributed by atoms with Gasteiger partial charge in [0.05, 0.1) is 11.8 Å². The molecule has 0 aliphatic heterocycles. The zero-order valence-corrected chi connectivity index (χ0v) is 15.4. The van der Waals surface area contributed by atoms with Crippen molar-refractivity contribution in [2.24, 2.45) is 11.8 Å². The number of amides is 1. The Balaban J connectivity index is 2.09. The van der Waals surface area contributed by atoms with E-state index in [-0.39, 0.29) is 6.42 Å². The summed E-state index contributed by atoms with van der Waals surface area (Å²) in [7, 11) is -5.79. The number of ether oxygens (including phenoxy) is 1. The third-order valence-electron chi connectivity index (χ3n) is 5.20. The smallest absolute Gasteiger partial charge is 0.459 e. The van der Waals surface area contributed by atoms with E-state index >= 15 is 0 Å². The lowest BCUT2D eigenvalue weighted by molar-refractivity contribution is -0.171. The van der Waals surface area contributed by atoms with Gasteiger partial charge in [-0.2, -0.15) is 21.6 Å². The maximum absolute atomic E-state index is 12.6. The minimum absolute atomic E-state index is 0.149. The zero-order valence-electron chi connectivity index (χ0n) is 14.6. The van der Waals surface area contributed by atoms with Crippen LogP contribution < -0.4 is 4.72 Å². The molecule has 0 radical (unpaired) electrons. The quantitative estimate of drug-likeness (QED) is 0.734. The number of hydrogen-bond donors (Lipinski definition) is 1. The molecule has 0 bridgehead atoms. The molecule has 2 aliphatic carbocycles. The van der Waals surface area contributed by atoms with Crippen molar-refractivity contribution in [1.82, 2.24) is 4.72 Å². The van der Waals surface area contributed by atoms with E-state index in [4.69, 9.17) is 4.74 Å². The first kappa shape index (κ1) is 21.0. The molecule has 0 spiro atoms. The third-order valence-corrected chi connectivity index (χ3v) is 6.28. The Kier molecular flexibility index (Phi) is 6.24. The van der Waals surface area contributed by atoms with E-state index in [2.05, 4.69) is 0 Å². The minimum atomic E-state index is -5.79. The van der Waals surface area contributed by atoms with Crippen LogP contribution in [-0.2, 0) is 24.3 Å². The standard InChI is InChI=1S/C16H24F3NO5S/c1-15(9-5-2-6-10-15)25-14(22)12-8-4-3-7-11(12)13(21)20-26(23,24)16(17,18)19/h11-12H,2-10H2,1H3,(H,20,21). The number of rotatable bonds is 4. The molecule has 1 N–H and O–H groups in total. The first-order valence-electron chi connectivity index (χ1n) is 8.81. The van der Waals surface area contributed by atoms with Crippen LogP contribution in [0.1, 0.15) is 64.7 Å². The second-order valence-corrected chi connectivity index (χ2v) is 9.02. The molecule has 0 heterocycles. The summed E-state index contributed by atoms with van der Waals surface area (Å²) in [5, 5.41) is 0. The number of esters is 1. The van der Waals surface area contributed by atoms with Gasteiger partial charge < -0.3 is 4.74 Å². The first-order chi connectivity index (χ1) is 12.0. The maximum Gasteiger partial charge on any atom is 0.516 e. The predicted molar refractivity (Wildman–Crippen MR) is 86.1 cm³/mol. The van der Waals surface area contributed by atoms with Gasteiger partial charge in [-0.05, 0) is 45.4 Å². The molecule has 10 heteroatoms. The van der Waals surface area contributed by atoms with Crippen LogP contribution in [0.3, 0.4) is 0 Å². The summed E-state index contributed by atoms with van der Waals surface area (Å²) in [6, 6.07) is 0. The highest BCUT2D eigenvalue weighted by Crippen LogP contribution is 2.36. The lowest BCUT2D eigenvalue weighted by Crippen LogP contribution is -2.47. The summed E-state index contributed by atoms with van der Waals surface area (Å²) >= 11 is 0. The highest BCUT2D eigenvalue weighted by molar-refractivity contribution is 7.90. The Morgan fingerprint density at radius 1 is 1.00 bits per heavy atom. The third kappa shape index (κ3) is 4.89. The van der Waals surface area contributed by atoms with E-state index in [1.54, 1.807) is 0 Å². The first-order valence-corrected chi connectivity index (χ1v) is 10.3. The molecule has 2 saturated carbocycles. The van der Waals surface area contributed by atoms with E-state index in [0.29, 0.717) is 32.1 Å². The van der Waals surface area contributed by atoms with Crippen molar-refractivity contribution < 1.29 is 35.9 Å². The molecule has 150 valence electrons. The average Bonchev–Trinajstić information content (AvgIpc) is 2.53. The summed E-state index contributed by atoms with van der Waals surface area (Å²) in [5.74, 6) is -3.98. The fraction of sp³-hybridized carbons (Fsp3) is 0.875. The monoisotopic (exact) mass is 399 g/mol. The van der Waals surface area contributed by atoms with Crippen LogP contribution in [0, 0.1) is 11.8 Å². The van der Waals surface area contributed by atoms with Gasteiger partial charge in [-0.3, -0.25) is 9.59 Å². The molecule has 2 unspecified atom stereocenters. The van der Waals surface area contributed by atoms with E-state index in [0.717, 1.165) is 24.0 Å². The largest absolute Gasteiger partial charge is 0.516 e. The molecule has 0 aromatic carbocycles. The Labute approximate surface area is 150 Å². The number of carbonyl (C=O) groups excluding carboxylic acids is 2. The van der Waals surface area contributed by atoms with E-state index in [9.17, 15) is 31.2 Å². The number of halogens is 3. The number of carbonyl (C=O) groups is 2. The van der Waals surface area contributed by atoms with Crippen molar-refractivity contribution >= 4 is 21.9 Å². The van der Waals surface area contributed by atoms with Gasteiger partial charge in [-0.1, -0.05) is 19.3 Å². The molecule has 2 rings (SSSR count). The van der Waals surface area contributed by atoms with Crippen LogP contribution in [0.4, 0.5) is 13.2 Å². The molecule has 0 aromatic heterocycles. The SMILES string of the molecule is CC1(OC(=O)C2CCCCC2C(=O)NS(=O)(=O)C(F)(F)F)CCCCC1. The van der Waals surface area contributed by atoms with E-state index in [1.807, 2.05) is 6.92 Å². The van der Waals surface area contributed by atoms with Crippen molar-refractivity contribution in [2.75, 3.05) is 0 Å². The molecule has 1 amide bonds. The topological polar surface area (TPSA) is 89.5 Å². The number of hydrogen-bond acceptors (Lipinski definition) is 5. The summed E-state index contributed by atoms with van der Waals surface area (Å²) in [4.78, 5) is 24.7. The van der Waals surface area contributed by atoms with Gasteiger partial charge >= 0.3 is 21.5 Å². The van der Waals surface area contributed by atoms with Crippen LogP contribution in [0.5, 0.6) is 0 Å². The Morgan fingerprint density at radius 2 is 1.54 bits per heavy atom. The van der Waals surface area contributed by atoms with Crippen molar-refractivity contribution in [1.29, 1.82) is 0 Å². The number of sulfonamides is 1. The van der Waals surface area contributed by atoms with Crippen LogP contribution in [0.15, 0.2) is 0 Å². The summed E-state index contributed by atoms with van der Waals surface area (Å²) < 4.78 is 66.5. The molecule has 2 atom stereocenters. The number of alkyl halides is 3. The fourth-order valence-corrected chi connectivity index (χ4v) is 4.25. The van der Waals surface area contributed by atoms with Gasteiger partial charge in [0.2, 0.25) is 5.91 Å². The molecule has 2 aliphatic rings. The molecule has 26 heavy (non-hydrogen) atoms. The van der Waals surface area contributed by atoms with Gasteiger partial charge in [0, 0.05) is 0 Å². The minimum Gasteiger partial charge on any atom is -0.459 e. The Bertz CT molecular complexity index is 641. The van der Waals surface area contributed by atoms with Crippen molar-refractivity contribution in [3.05, 3.63) is 0 Å². The van der Waals surface area contributed by atoms with Crippen LogP contribution >= 0.6 is 0 Å². The van der Waals surface area contributed by atoms with Gasteiger partial charge in [0.25, 0.3) is 0 Å². The van der Waals surface area contributed by atoms with Gasteiger partial charge in [-0.15, -0.1) is 0 Å². The number of nitrogens with one attached hydrogen (secondary N) is 1. The van der Waals surface area contributed by atoms with Crippen LogP contribution in [-0.4, -0.2) is 31.4 Å². The highest BCUT2D eigenvalue weighted by atomic mass is 32.2. The van der Waals surface area contributed by atoms with Gasteiger partial charge in [0.1, 0.15) is 5.60 Å². The predicted octanol–water partition coefficient (Wildman–Crippen LogP) is 3.02. The second kappa shape index (κ2) is 7.74. The molecule has 0 aromatic rings. The van der Waals surface area contributed by atoms with Crippen LogP contribution in [0.2, 0.25) is 0 Å². The summed E-state index contributed by atoms with van der Waals surface area (Å²) in [5.41, 5.74) is -6.21. The maximum atomic E-state index is 12.6. The van der Waals surface area contributed by atoms with Crippen molar-refractivity contribution in [3.8, 4) is 0 Å². The molecular formula is C16H24F3NO5S. The van der Waals surface area contributed by atoms with Crippen molar-refractivity contribution in [3.63, 3.8) is 0 Å². The normalized spacial score (nSPS) is 26.8. The van der Waals surface area contributed by atoms with Gasteiger partial charge in [0.15, 0.2) is 0 Å². The Morgan fingerprint density at radius 3 is 2.08 bits per heavy atom. The van der Waals surface area contributed by atoms with E-state index < -0.39 is 44.8 Å². The van der Waals surface area contributed by atoms with Gasteiger partial charge in [-0.25, -0.2) is 4.72 Å². The molecule has 2 fully saturated rings. The zero-order chi connectivity index (χ0) is 19.6. The summed E-state index contributed by atoms with van der Waals surface area (Å²) in [6.45, 7) is 1.82. The fourth-order valence-electron chi connectivity index (χ4n) is 3.71. The highest BCUT2D eigenvalue weighted by Gasteiger charge is 2.49. The molecule has 0 saturated heterocycles. The van der Waals surface area contributed by atoms with Crippen molar-refractivity contribution in [2.45, 2.75) is 75.8 Å². The molecule has 6 nitrogen and oxygen atoms in total. The average molecular weight is 399 g/mol. The second-order valence-electron chi connectivity index (χ2n) is 7.34. The summed E-state index contributed by atoms with van der Waals surface area (Å²) in [6.07, 6.45) is 5.89. The Hall–Kier alpha value is -1.32. The lowest BCUT2D eigenvalue weighted by atomic mass is 9.78. The lowest BCUT2D eigenvalue weighted by Gasteiger charge is -2.36. The molecular weight excluding hydrogens is 375 g/mol. The van der Waals surface area contributed by atoms with E-state index in [1.165, 1.54) is 0 Å². The van der Waals surface area contributed by atoms with Crippen LogP contribution in [0.25, 0.3) is 0 Å².